The third-order valence-electron chi connectivity index (χ3n) is 3.17. The zero-order chi connectivity index (χ0) is 13.1. The molecule has 1 heteroatoms. The van der Waals surface area contributed by atoms with Gasteiger partial charge in [-0.15, -0.1) is 0 Å². The summed E-state index contributed by atoms with van der Waals surface area (Å²) in [6.45, 7) is 14.0. The van der Waals surface area contributed by atoms with Gasteiger partial charge in [0.15, 0.2) is 0 Å². The molecule has 1 N–H and O–H groups in total. The summed E-state index contributed by atoms with van der Waals surface area (Å²) in [4.78, 5) is 0. The first-order valence-electron chi connectivity index (χ1n) is 7.62. The third kappa shape index (κ3) is 16.0. The van der Waals surface area contributed by atoms with Crippen molar-refractivity contribution in [1.82, 2.24) is 5.32 Å². The maximum absolute atomic E-state index is 3.56. The molecular weight excluding hydrogens is 206 g/mol. The van der Waals surface area contributed by atoms with E-state index in [1.807, 2.05) is 0 Å². The lowest BCUT2D eigenvalue weighted by Crippen LogP contribution is -2.18. The highest BCUT2D eigenvalue weighted by atomic mass is 14.8. The molecule has 104 valence electrons. The fraction of sp³-hybridized carbons (Fsp3) is 1.00. The van der Waals surface area contributed by atoms with Crippen molar-refractivity contribution < 1.29 is 0 Å². The topological polar surface area (TPSA) is 12.0 Å². The second kappa shape index (κ2) is 9.94. The Morgan fingerprint density at radius 1 is 0.824 bits per heavy atom. The highest BCUT2D eigenvalue weighted by Crippen LogP contribution is 2.19. The number of hydrogen-bond donors (Lipinski definition) is 1. The van der Waals surface area contributed by atoms with Gasteiger partial charge in [0.05, 0.1) is 0 Å². The normalized spacial score (nSPS) is 12.4. The minimum absolute atomic E-state index is 0.499. The number of rotatable bonds is 10. The van der Waals surface area contributed by atoms with Gasteiger partial charge in [-0.1, -0.05) is 60.3 Å². The first-order chi connectivity index (χ1) is 7.92. The number of unbranched alkanes of at least 4 members (excludes halogenated alkanes) is 3. The van der Waals surface area contributed by atoms with Crippen molar-refractivity contribution in [3.63, 3.8) is 0 Å². The van der Waals surface area contributed by atoms with Gasteiger partial charge in [0.25, 0.3) is 0 Å². The highest BCUT2D eigenvalue weighted by molar-refractivity contribution is 4.62. The molecule has 1 nitrogen and oxygen atoms in total. The summed E-state index contributed by atoms with van der Waals surface area (Å²) in [6, 6.07) is 0. The Kier molecular flexibility index (Phi) is 9.91. The molecule has 0 aromatic heterocycles. The van der Waals surface area contributed by atoms with E-state index in [1.54, 1.807) is 0 Å². The summed E-state index contributed by atoms with van der Waals surface area (Å²) in [5, 5.41) is 3.56. The Morgan fingerprint density at radius 2 is 1.41 bits per heavy atom. The lowest BCUT2D eigenvalue weighted by molar-refractivity contribution is 0.360. The van der Waals surface area contributed by atoms with Crippen molar-refractivity contribution in [1.29, 1.82) is 0 Å². The highest BCUT2D eigenvalue weighted by Gasteiger charge is 2.08. The Bertz CT molecular complexity index is 155. The molecule has 17 heavy (non-hydrogen) atoms. The van der Waals surface area contributed by atoms with Gasteiger partial charge in [-0.25, -0.2) is 0 Å². The summed E-state index contributed by atoms with van der Waals surface area (Å²) in [5.74, 6) is 0.880. The van der Waals surface area contributed by atoms with E-state index >= 15 is 0 Å². The van der Waals surface area contributed by atoms with Crippen molar-refractivity contribution in [2.45, 2.75) is 79.6 Å². The molecule has 0 heterocycles. The molecule has 0 aromatic carbocycles. The van der Waals surface area contributed by atoms with Crippen LogP contribution in [-0.2, 0) is 0 Å². The van der Waals surface area contributed by atoms with Crippen LogP contribution in [0, 0.1) is 11.3 Å². The van der Waals surface area contributed by atoms with E-state index in [2.05, 4.69) is 39.9 Å². The SMILES string of the molecule is CC(C)CCCCCCNCCCC(C)(C)C. The molecule has 0 amide bonds. The molecule has 0 radical (unpaired) electrons. The zero-order valence-corrected chi connectivity index (χ0v) is 12.9. The van der Waals surface area contributed by atoms with Crippen LogP contribution in [0.5, 0.6) is 0 Å². The van der Waals surface area contributed by atoms with Crippen LogP contribution in [0.4, 0.5) is 0 Å². The molecular formula is C16H35N. The maximum Gasteiger partial charge on any atom is -0.00487 e. The molecule has 0 fully saturated rings. The smallest absolute Gasteiger partial charge is 0.00487 e. The molecule has 0 aliphatic carbocycles. The van der Waals surface area contributed by atoms with E-state index in [0.29, 0.717) is 5.41 Å². The fourth-order valence-electron chi connectivity index (χ4n) is 2.02. The minimum Gasteiger partial charge on any atom is -0.317 e. The number of hydrogen-bond acceptors (Lipinski definition) is 1. The number of nitrogens with one attached hydrogen (secondary N) is 1. The van der Waals surface area contributed by atoms with E-state index in [0.717, 1.165) is 5.92 Å². The molecule has 0 aliphatic rings. The van der Waals surface area contributed by atoms with Crippen LogP contribution in [0.3, 0.4) is 0 Å². The fourth-order valence-corrected chi connectivity index (χ4v) is 2.02. The van der Waals surface area contributed by atoms with Crippen molar-refractivity contribution in [3.8, 4) is 0 Å². The average Bonchev–Trinajstić information content (AvgIpc) is 2.18. The lowest BCUT2D eigenvalue weighted by Gasteiger charge is -2.17. The van der Waals surface area contributed by atoms with Crippen LogP contribution in [0.2, 0.25) is 0 Å². The maximum atomic E-state index is 3.56. The van der Waals surface area contributed by atoms with Crippen LogP contribution in [0.25, 0.3) is 0 Å². The van der Waals surface area contributed by atoms with E-state index in [-0.39, 0.29) is 0 Å². The third-order valence-corrected chi connectivity index (χ3v) is 3.17. The predicted octanol–water partition coefficient (Wildman–Crippen LogP) is 5.01. The Labute approximate surface area is 110 Å². The monoisotopic (exact) mass is 241 g/mol. The van der Waals surface area contributed by atoms with Crippen LogP contribution in [0.1, 0.15) is 79.6 Å². The van der Waals surface area contributed by atoms with Crippen molar-refractivity contribution in [3.05, 3.63) is 0 Å². The molecule has 0 rings (SSSR count). The summed E-state index contributed by atoms with van der Waals surface area (Å²) < 4.78 is 0. The standard InChI is InChI=1S/C16H35N/c1-15(2)11-8-6-7-9-13-17-14-10-12-16(3,4)5/h15,17H,6-14H2,1-5H3. The zero-order valence-electron chi connectivity index (χ0n) is 12.9. The van der Waals surface area contributed by atoms with Crippen LogP contribution in [-0.4, -0.2) is 13.1 Å². The summed E-state index contributed by atoms with van der Waals surface area (Å²) in [5.41, 5.74) is 0.499. The Balaban J connectivity index is 3.04. The van der Waals surface area contributed by atoms with Gasteiger partial charge in [-0.3, -0.25) is 0 Å². The van der Waals surface area contributed by atoms with Gasteiger partial charge in [-0.05, 0) is 43.7 Å². The van der Waals surface area contributed by atoms with Gasteiger partial charge in [0.2, 0.25) is 0 Å². The first-order valence-corrected chi connectivity index (χ1v) is 7.62. The molecule has 0 spiro atoms. The predicted molar refractivity (Wildman–Crippen MR) is 79.5 cm³/mol. The van der Waals surface area contributed by atoms with Crippen LogP contribution >= 0.6 is 0 Å². The van der Waals surface area contributed by atoms with Crippen molar-refractivity contribution in [2.24, 2.45) is 11.3 Å². The van der Waals surface area contributed by atoms with Gasteiger partial charge in [0, 0.05) is 0 Å². The molecule has 0 saturated heterocycles. The largest absolute Gasteiger partial charge is 0.317 e. The molecule has 0 atom stereocenters. The van der Waals surface area contributed by atoms with E-state index < -0.39 is 0 Å². The van der Waals surface area contributed by atoms with Crippen LogP contribution in [0.15, 0.2) is 0 Å². The second-order valence-corrected chi connectivity index (χ2v) is 7.01. The average molecular weight is 241 g/mol. The molecule has 0 unspecified atom stereocenters. The van der Waals surface area contributed by atoms with Gasteiger partial charge >= 0.3 is 0 Å². The van der Waals surface area contributed by atoms with E-state index in [1.165, 1.54) is 58.0 Å². The second-order valence-electron chi connectivity index (χ2n) is 7.01. The van der Waals surface area contributed by atoms with Gasteiger partial charge in [-0.2, -0.15) is 0 Å². The van der Waals surface area contributed by atoms with E-state index in [4.69, 9.17) is 0 Å². The molecule has 0 aromatic rings. The van der Waals surface area contributed by atoms with E-state index in [9.17, 15) is 0 Å². The Hall–Kier alpha value is -0.0400. The quantitative estimate of drug-likeness (QED) is 0.530. The minimum atomic E-state index is 0.499. The van der Waals surface area contributed by atoms with Crippen molar-refractivity contribution >= 4 is 0 Å². The molecule has 0 aliphatic heterocycles. The van der Waals surface area contributed by atoms with Crippen LogP contribution < -0.4 is 5.32 Å². The lowest BCUT2D eigenvalue weighted by atomic mass is 9.91. The summed E-state index contributed by atoms with van der Waals surface area (Å²) in [6.07, 6.45) is 9.64. The first kappa shape index (κ1) is 17.0. The van der Waals surface area contributed by atoms with Crippen molar-refractivity contribution in [2.75, 3.05) is 13.1 Å². The molecule has 0 bridgehead atoms. The summed E-state index contributed by atoms with van der Waals surface area (Å²) in [7, 11) is 0. The summed E-state index contributed by atoms with van der Waals surface area (Å²) >= 11 is 0. The van der Waals surface area contributed by atoms with Gasteiger partial charge in [0.1, 0.15) is 0 Å². The molecule has 0 saturated carbocycles. The Morgan fingerprint density at radius 3 is 2.00 bits per heavy atom. The van der Waals surface area contributed by atoms with Gasteiger partial charge < -0.3 is 5.32 Å².